The van der Waals surface area contributed by atoms with E-state index in [4.69, 9.17) is 5.73 Å². The van der Waals surface area contributed by atoms with Crippen molar-refractivity contribution in [2.45, 2.75) is 57.4 Å². The molecule has 0 atom stereocenters. The molecule has 1 amide bonds. The Morgan fingerprint density at radius 3 is 2.57 bits per heavy atom. The zero-order valence-corrected chi connectivity index (χ0v) is 9.14. The van der Waals surface area contributed by atoms with Crippen molar-refractivity contribution in [3.05, 3.63) is 0 Å². The average Bonchev–Trinajstić information content (AvgIpc) is 2.10. The number of nitrogens with two attached hydrogens (primary N) is 1. The lowest BCUT2D eigenvalue weighted by Crippen LogP contribution is -2.50. The van der Waals surface area contributed by atoms with Gasteiger partial charge in [0, 0.05) is 12.0 Å². The summed E-state index contributed by atoms with van der Waals surface area (Å²) in [5.41, 5.74) is 5.49. The summed E-state index contributed by atoms with van der Waals surface area (Å²) in [5.74, 6) is 0.212. The molecule has 82 valence electrons. The molecule has 0 unspecified atom stereocenters. The standard InChI is InChI=1S/C11H22N2O/c1-11(7-5-8-11)13-10(14)6-3-2-4-9-12/h2-9,12H2,1H3,(H,13,14). The molecule has 0 aromatic carbocycles. The van der Waals surface area contributed by atoms with E-state index in [0.717, 1.165) is 38.6 Å². The average molecular weight is 198 g/mol. The first-order valence-electron chi connectivity index (χ1n) is 5.67. The van der Waals surface area contributed by atoms with Gasteiger partial charge >= 0.3 is 0 Å². The van der Waals surface area contributed by atoms with Crippen LogP contribution in [-0.4, -0.2) is 18.0 Å². The van der Waals surface area contributed by atoms with Gasteiger partial charge in [-0.2, -0.15) is 0 Å². The summed E-state index contributed by atoms with van der Waals surface area (Å²) in [5, 5.41) is 3.10. The van der Waals surface area contributed by atoms with E-state index in [-0.39, 0.29) is 11.4 Å². The van der Waals surface area contributed by atoms with Gasteiger partial charge in [-0.25, -0.2) is 0 Å². The fourth-order valence-corrected chi connectivity index (χ4v) is 1.84. The van der Waals surface area contributed by atoms with E-state index < -0.39 is 0 Å². The molecule has 0 aromatic heterocycles. The number of unbranched alkanes of at least 4 members (excludes halogenated alkanes) is 2. The first-order chi connectivity index (χ1) is 6.66. The van der Waals surface area contributed by atoms with Crippen LogP contribution in [0.1, 0.15) is 51.9 Å². The third kappa shape index (κ3) is 3.66. The number of amides is 1. The van der Waals surface area contributed by atoms with E-state index in [0.29, 0.717) is 6.42 Å². The fourth-order valence-electron chi connectivity index (χ4n) is 1.84. The molecule has 1 aliphatic rings. The van der Waals surface area contributed by atoms with Crippen LogP contribution in [-0.2, 0) is 4.79 Å². The Morgan fingerprint density at radius 2 is 2.07 bits per heavy atom. The van der Waals surface area contributed by atoms with Crippen LogP contribution in [0.3, 0.4) is 0 Å². The van der Waals surface area contributed by atoms with E-state index in [2.05, 4.69) is 12.2 Å². The number of carbonyl (C=O) groups excluding carboxylic acids is 1. The Morgan fingerprint density at radius 1 is 1.36 bits per heavy atom. The zero-order valence-electron chi connectivity index (χ0n) is 9.14. The summed E-state index contributed by atoms with van der Waals surface area (Å²) in [6, 6.07) is 0. The summed E-state index contributed by atoms with van der Waals surface area (Å²) in [4.78, 5) is 11.5. The van der Waals surface area contributed by atoms with Crippen molar-refractivity contribution in [2.24, 2.45) is 5.73 Å². The molecule has 0 bridgehead atoms. The van der Waals surface area contributed by atoms with Gasteiger partial charge in [0.2, 0.25) is 5.91 Å². The molecule has 1 aliphatic carbocycles. The second kappa shape index (κ2) is 5.35. The lowest BCUT2D eigenvalue weighted by atomic mass is 9.78. The van der Waals surface area contributed by atoms with E-state index in [9.17, 15) is 4.79 Å². The maximum atomic E-state index is 11.5. The molecule has 0 heterocycles. The Bertz CT molecular complexity index is 188. The summed E-state index contributed by atoms with van der Waals surface area (Å²) in [6.45, 7) is 2.87. The molecule has 1 fully saturated rings. The van der Waals surface area contributed by atoms with Gasteiger partial charge in [-0.05, 0) is 45.6 Å². The van der Waals surface area contributed by atoms with Crippen LogP contribution in [0.15, 0.2) is 0 Å². The van der Waals surface area contributed by atoms with Crippen LogP contribution >= 0.6 is 0 Å². The molecule has 3 heteroatoms. The number of hydrogen-bond acceptors (Lipinski definition) is 2. The van der Waals surface area contributed by atoms with Crippen molar-refractivity contribution in [3.8, 4) is 0 Å². The molecule has 1 rings (SSSR count). The largest absolute Gasteiger partial charge is 0.351 e. The van der Waals surface area contributed by atoms with Gasteiger partial charge in [0.25, 0.3) is 0 Å². The van der Waals surface area contributed by atoms with Crippen molar-refractivity contribution in [1.29, 1.82) is 0 Å². The number of carbonyl (C=O) groups is 1. The topological polar surface area (TPSA) is 55.1 Å². The van der Waals surface area contributed by atoms with Crippen molar-refractivity contribution in [2.75, 3.05) is 6.54 Å². The van der Waals surface area contributed by atoms with Crippen LogP contribution in [0, 0.1) is 0 Å². The monoisotopic (exact) mass is 198 g/mol. The predicted octanol–water partition coefficient (Wildman–Crippen LogP) is 1.56. The molecule has 1 saturated carbocycles. The van der Waals surface area contributed by atoms with Crippen LogP contribution < -0.4 is 11.1 Å². The minimum Gasteiger partial charge on any atom is -0.351 e. The molecule has 3 nitrogen and oxygen atoms in total. The molecule has 14 heavy (non-hydrogen) atoms. The third-order valence-electron chi connectivity index (χ3n) is 3.01. The highest BCUT2D eigenvalue weighted by Crippen LogP contribution is 2.30. The second-order valence-corrected chi connectivity index (χ2v) is 4.56. The summed E-state index contributed by atoms with van der Waals surface area (Å²) >= 11 is 0. The molecular formula is C11H22N2O. The van der Waals surface area contributed by atoms with Gasteiger partial charge in [0.1, 0.15) is 0 Å². The molecule has 3 N–H and O–H groups in total. The highest BCUT2D eigenvalue weighted by Gasteiger charge is 2.32. The van der Waals surface area contributed by atoms with Crippen LogP contribution in [0.4, 0.5) is 0 Å². The van der Waals surface area contributed by atoms with Crippen molar-refractivity contribution in [3.63, 3.8) is 0 Å². The highest BCUT2D eigenvalue weighted by molar-refractivity contribution is 5.76. The third-order valence-corrected chi connectivity index (χ3v) is 3.01. The molecule has 0 aliphatic heterocycles. The normalized spacial score (nSPS) is 18.7. The molecule has 0 aromatic rings. The van der Waals surface area contributed by atoms with Gasteiger partial charge in [-0.15, -0.1) is 0 Å². The lowest BCUT2D eigenvalue weighted by Gasteiger charge is -2.39. The van der Waals surface area contributed by atoms with Crippen molar-refractivity contribution >= 4 is 5.91 Å². The zero-order chi connectivity index (χ0) is 10.4. The summed E-state index contributed by atoms with van der Waals surface area (Å²) < 4.78 is 0. The molecule has 0 saturated heterocycles. The van der Waals surface area contributed by atoms with Crippen LogP contribution in [0.25, 0.3) is 0 Å². The molecule has 0 radical (unpaired) electrons. The lowest BCUT2D eigenvalue weighted by molar-refractivity contribution is -0.123. The van der Waals surface area contributed by atoms with E-state index >= 15 is 0 Å². The Kier molecular flexibility index (Phi) is 4.39. The first-order valence-corrected chi connectivity index (χ1v) is 5.67. The molecular weight excluding hydrogens is 176 g/mol. The number of rotatable bonds is 6. The van der Waals surface area contributed by atoms with Gasteiger partial charge in [-0.3, -0.25) is 4.79 Å². The summed E-state index contributed by atoms with van der Waals surface area (Å²) in [6.07, 6.45) is 7.27. The predicted molar refractivity (Wildman–Crippen MR) is 57.9 cm³/mol. The van der Waals surface area contributed by atoms with Gasteiger partial charge < -0.3 is 11.1 Å². The minimum atomic E-state index is 0.116. The summed E-state index contributed by atoms with van der Waals surface area (Å²) in [7, 11) is 0. The quantitative estimate of drug-likeness (QED) is 0.636. The maximum Gasteiger partial charge on any atom is 0.220 e. The minimum absolute atomic E-state index is 0.116. The van der Waals surface area contributed by atoms with E-state index in [1.807, 2.05) is 0 Å². The van der Waals surface area contributed by atoms with Gasteiger partial charge in [-0.1, -0.05) is 6.42 Å². The Hall–Kier alpha value is -0.570. The smallest absolute Gasteiger partial charge is 0.220 e. The van der Waals surface area contributed by atoms with Crippen molar-refractivity contribution in [1.82, 2.24) is 5.32 Å². The Balaban J connectivity index is 2.04. The first kappa shape index (κ1) is 11.5. The maximum absolute atomic E-state index is 11.5. The van der Waals surface area contributed by atoms with Gasteiger partial charge in [0.15, 0.2) is 0 Å². The Labute approximate surface area is 86.4 Å². The fraction of sp³-hybridized carbons (Fsp3) is 0.909. The SMILES string of the molecule is CC1(NC(=O)CCCCCN)CCC1. The van der Waals surface area contributed by atoms with Crippen molar-refractivity contribution < 1.29 is 4.79 Å². The van der Waals surface area contributed by atoms with Crippen LogP contribution in [0.5, 0.6) is 0 Å². The van der Waals surface area contributed by atoms with Crippen LogP contribution in [0.2, 0.25) is 0 Å². The van der Waals surface area contributed by atoms with E-state index in [1.165, 1.54) is 6.42 Å². The number of hydrogen-bond donors (Lipinski definition) is 2. The highest BCUT2D eigenvalue weighted by atomic mass is 16.1. The van der Waals surface area contributed by atoms with E-state index in [1.54, 1.807) is 0 Å². The second-order valence-electron chi connectivity index (χ2n) is 4.56. The molecule has 0 spiro atoms. The van der Waals surface area contributed by atoms with Gasteiger partial charge in [0.05, 0.1) is 0 Å². The number of nitrogens with one attached hydrogen (secondary N) is 1.